The van der Waals surface area contributed by atoms with Crippen molar-refractivity contribution >= 4 is 0 Å². The molecule has 0 radical (unpaired) electrons. The predicted octanol–water partition coefficient (Wildman–Crippen LogP) is 5.74. The van der Waals surface area contributed by atoms with Crippen LogP contribution in [0.5, 0.6) is 0 Å². The number of methoxy groups -OCH3 is 1. The molecule has 1 fully saturated rings. The Balaban J connectivity index is 2.18. The second-order valence-corrected chi connectivity index (χ2v) is 7.97. The van der Waals surface area contributed by atoms with Gasteiger partial charge in [0.2, 0.25) is 0 Å². The molecule has 2 atom stereocenters. The van der Waals surface area contributed by atoms with Crippen molar-refractivity contribution in [2.45, 2.75) is 90.4 Å². The van der Waals surface area contributed by atoms with E-state index in [0.29, 0.717) is 6.10 Å². The van der Waals surface area contributed by atoms with E-state index in [4.69, 9.17) is 9.47 Å². The normalized spacial score (nSPS) is 37.3. The average molecular weight is 319 g/mol. The Morgan fingerprint density at radius 2 is 1.87 bits per heavy atom. The van der Waals surface area contributed by atoms with E-state index >= 15 is 0 Å². The summed E-state index contributed by atoms with van der Waals surface area (Å²) in [5, 5.41) is 0. The third-order valence-electron chi connectivity index (χ3n) is 5.61. The van der Waals surface area contributed by atoms with Crippen molar-refractivity contribution in [2.75, 3.05) is 7.11 Å². The third-order valence-corrected chi connectivity index (χ3v) is 5.61. The van der Waals surface area contributed by atoms with E-state index in [-0.39, 0.29) is 11.2 Å². The number of epoxide rings is 1. The molecule has 23 heavy (non-hydrogen) atoms. The lowest BCUT2D eigenvalue weighted by atomic mass is 9.90. The van der Waals surface area contributed by atoms with E-state index in [2.05, 4.69) is 52.8 Å². The Bertz CT molecular complexity index is 510. The third kappa shape index (κ3) is 5.06. The largest absolute Gasteiger partial charge is 0.374 e. The summed E-state index contributed by atoms with van der Waals surface area (Å²) in [6, 6.07) is 0. The van der Waals surface area contributed by atoms with Gasteiger partial charge in [-0.2, -0.15) is 0 Å². The molecule has 1 aliphatic heterocycles. The van der Waals surface area contributed by atoms with Crippen LogP contribution < -0.4 is 0 Å². The van der Waals surface area contributed by atoms with Crippen LogP contribution in [0, 0.1) is 0 Å². The Kier molecular flexibility index (Phi) is 5.91. The van der Waals surface area contributed by atoms with Gasteiger partial charge in [-0.05, 0) is 78.7 Å². The minimum absolute atomic E-state index is 0.125. The molecule has 2 nitrogen and oxygen atoms in total. The van der Waals surface area contributed by atoms with Crippen LogP contribution in [0.2, 0.25) is 0 Å². The number of ether oxygens (including phenoxy) is 2. The molecule has 130 valence electrons. The van der Waals surface area contributed by atoms with Gasteiger partial charge >= 0.3 is 0 Å². The maximum Gasteiger partial charge on any atom is 0.0923 e. The zero-order valence-electron chi connectivity index (χ0n) is 15.9. The molecule has 0 aromatic carbocycles. The van der Waals surface area contributed by atoms with Gasteiger partial charge in [-0.3, -0.25) is 0 Å². The van der Waals surface area contributed by atoms with Gasteiger partial charge in [-0.15, -0.1) is 0 Å². The van der Waals surface area contributed by atoms with Crippen LogP contribution in [0.25, 0.3) is 0 Å². The fourth-order valence-electron chi connectivity index (χ4n) is 3.32. The molecule has 0 saturated carbocycles. The Morgan fingerprint density at radius 1 is 1.13 bits per heavy atom. The summed E-state index contributed by atoms with van der Waals surface area (Å²) in [6.45, 7) is 11.1. The molecule has 1 saturated heterocycles. The average Bonchev–Trinajstić information content (AvgIpc) is 3.14. The summed E-state index contributed by atoms with van der Waals surface area (Å²) in [4.78, 5) is 0. The first-order valence-corrected chi connectivity index (χ1v) is 9.02. The molecule has 2 aliphatic rings. The standard InChI is InChI=1S/C21H34O2/c1-16-8-7-15-21(5)19(23-21)14-11-17(2)10-13-18(12-9-16)20(3,4)22-6/h8,10,13,19H,7,9,11-12,14-15H2,1-6H3/b16-8+,17-10+,18-13+/t19-,21-/m1/s1. The number of allylic oxidation sites excluding steroid dienone is 5. The zero-order chi connectivity index (χ0) is 17.1. The molecule has 0 bridgehead atoms. The topological polar surface area (TPSA) is 21.8 Å². The molecule has 2 rings (SSSR count). The lowest BCUT2D eigenvalue weighted by Gasteiger charge is -2.27. The van der Waals surface area contributed by atoms with E-state index in [9.17, 15) is 0 Å². The van der Waals surface area contributed by atoms with Crippen molar-refractivity contribution in [2.24, 2.45) is 0 Å². The first-order chi connectivity index (χ1) is 10.8. The molecule has 0 spiro atoms. The number of fused-ring (bicyclic) bond motifs is 1. The second-order valence-electron chi connectivity index (χ2n) is 7.97. The van der Waals surface area contributed by atoms with Crippen LogP contribution in [0.15, 0.2) is 34.9 Å². The summed E-state index contributed by atoms with van der Waals surface area (Å²) >= 11 is 0. The maximum atomic E-state index is 5.96. The molecule has 0 unspecified atom stereocenters. The highest BCUT2D eigenvalue weighted by molar-refractivity contribution is 5.24. The number of hydrogen-bond acceptors (Lipinski definition) is 2. The summed E-state index contributed by atoms with van der Waals surface area (Å²) < 4.78 is 11.7. The molecule has 0 amide bonds. The molecule has 0 N–H and O–H groups in total. The smallest absolute Gasteiger partial charge is 0.0923 e. The van der Waals surface area contributed by atoms with Gasteiger partial charge in [0.15, 0.2) is 0 Å². The van der Waals surface area contributed by atoms with Crippen LogP contribution in [-0.4, -0.2) is 24.4 Å². The quantitative estimate of drug-likeness (QED) is 0.478. The number of rotatable bonds is 2. The van der Waals surface area contributed by atoms with Gasteiger partial charge in [0, 0.05) is 7.11 Å². The lowest BCUT2D eigenvalue weighted by molar-refractivity contribution is 0.0522. The van der Waals surface area contributed by atoms with Gasteiger partial charge in [-0.1, -0.05) is 29.4 Å². The van der Waals surface area contributed by atoms with Crippen molar-refractivity contribution in [3.63, 3.8) is 0 Å². The molecule has 0 aromatic rings. The minimum Gasteiger partial charge on any atom is -0.374 e. The monoisotopic (exact) mass is 318 g/mol. The minimum atomic E-state index is -0.202. The highest BCUT2D eigenvalue weighted by Crippen LogP contribution is 2.43. The molecule has 1 heterocycles. The van der Waals surface area contributed by atoms with Gasteiger partial charge in [-0.25, -0.2) is 0 Å². The summed E-state index contributed by atoms with van der Waals surface area (Å²) in [7, 11) is 1.80. The van der Waals surface area contributed by atoms with Crippen molar-refractivity contribution in [1.29, 1.82) is 0 Å². The summed E-state index contributed by atoms with van der Waals surface area (Å²) in [5.41, 5.74) is 4.20. The van der Waals surface area contributed by atoms with Crippen molar-refractivity contribution < 1.29 is 9.47 Å². The summed E-state index contributed by atoms with van der Waals surface area (Å²) in [6.07, 6.45) is 14.1. The molecular weight excluding hydrogens is 284 g/mol. The first-order valence-electron chi connectivity index (χ1n) is 9.02. The molecule has 1 aliphatic carbocycles. The molecule has 2 heteroatoms. The van der Waals surface area contributed by atoms with Crippen molar-refractivity contribution in [1.82, 2.24) is 0 Å². The van der Waals surface area contributed by atoms with Gasteiger partial charge in [0.05, 0.1) is 17.3 Å². The highest BCUT2D eigenvalue weighted by atomic mass is 16.6. The van der Waals surface area contributed by atoms with E-state index in [1.807, 2.05) is 0 Å². The van der Waals surface area contributed by atoms with E-state index in [1.165, 1.54) is 16.7 Å². The predicted molar refractivity (Wildman–Crippen MR) is 97.7 cm³/mol. The molecular formula is C21H34O2. The van der Waals surface area contributed by atoms with Crippen LogP contribution in [0.4, 0.5) is 0 Å². The van der Waals surface area contributed by atoms with E-state index < -0.39 is 0 Å². The first kappa shape index (κ1) is 18.5. The van der Waals surface area contributed by atoms with Crippen LogP contribution >= 0.6 is 0 Å². The zero-order valence-corrected chi connectivity index (χ0v) is 15.9. The van der Waals surface area contributed by atoms with Gasteiger partial charge in [0.25, 0.3) is 0 Å². The SMILES string of the molecule is COC(C)(C)/C1=C/C=C(\C)CC[C@H]2O[C@]2(C)CC/C=C(\C)CC1. The second kappa shape index (κ2) is 7.36. The fraction of sp³-hybridized carbons (Fsp3) is 0.714. The molecule has 0 aromatic heterocycles. The lowest BCUT2D eigenvalue weighted by Crippen LogP contribution is -2.25. The van der Waals surface area contributed by atoms with Crippen LogP contribution in [0.3, 0.4) is 0 Å². The van der Waals surface area contributed by atoms with Crippen molar-refractivity contribution in [3.05, 3.63) is 34.9 Å². The fourth-order valence-corrected chi connectivity index (χ4v) is 3.32. The highest BCUT2D eigenvalue weighted by Gasteiger charge is 2.50. The van der Waals surface area contributed by atoms with Crippen LogP contribution in [0.1, 0.15) is 73.1 Å². The summed E-state index contributed by atoms with van der Waals surface area (Å²) in [5.74, 6) is 0. The Hall–Kier alpha value is -0.860. The van der Waals surface area contributed by atoms with Crippen molar-refractivity contribution in [3.8, 4) is 0 Å². The van der Waals surface area contributed by atoms with E-state index in [1.54, 1.807) is 7.11 Å². The number of hydrogen-bond donors (Lipinski definition) is 0. The van der Waals surface area contributed by atoms with Gasteiger partial charge < -0.3 is 9.47 Å². The van der Waals surface area contributed by atoms with E-state index in [0.717, 1.165) is 38.5 Å². The Labute approximate surface area is 142 Å². The van der Waals surface area contributed by atoms with Crippen LogP contribution in [-0.2, 0) is 9.47 Å². The maximum absolute atomic E-state index is 5.96. The Morgan fingerprint density at radius 3 is 2.57 bits per heavy atom. The van der Waals surface area contributed by atoms with Gasteiger partial charge in [0.1, 0.15) is 0 Å².